The third-order valence-electron chi connectivity index (χ3n) is 4.03. The van der Waals surface area contributed by atoms with Gasteiger partial charge in [0.2, 0.25) is 0 Å². The van der Waals surface area contributed by atoms with Crippen LogP contribution in [0.2, 0.25) is 0 Å². The van der Waals surface area contributed by atoms with E-state index in [4.69, 9.17) is 0 Å². The highest BCUT2D eigenvalue weighted by molar-refractivity contribution is 7.09. The van der Waals surface area contributed by atoms with Gasteiger partial charge in [-0.2, -0.15) is 0 Å². The molecule has 3 rings (SSSR count). The number of halogens is 1. The van der Waals surface area contributed by atoms with Crippen LogP contribution in [0.5, 0.6) is 0 Å². The maximum Gasteiger partial charge on any atom is 0.255 e. The van der Waals surface area contributed by atoms with Crippen molar-refractivity contribution in [2.24, 2.45) is 0 Å². The quantitative estimate of drug-likeness (QED) is 0.662. The zero-order valence-electron chi connectivity index (χ0n) is 14.6. The number of rotatable bonds is 6. The van der Waals surface area contributed by atoms with Gasteiger partial charge in [0.1, 0.15) is 5.82 Å². The molecular formula is C20H20FN3OS. The van der Waals surface area contributed by atoms with Crippen molar-refractivity contribution in [1.82, 2.24) is 10.3 Å². The zero-order valence-corrected chi connectivity index (χ0v) is 15.4. The minimum atomic E-state index is -0.361. The average Bonchev–Trinajstić information content (AvgIpc) is 3.06. The van der Waals surface area contributed by atoms with Crippen molar-refractivity contribution >= 4 is 22.9 Å². The molecule has 0 saturated heterocycles. The molecule has 2 aromatic carbocycles. The van der Waals surface area contributed by atoms with Gasteiger partial charge in [-0.1, -0.05) is 12.1 Å². The minimum absolute atomic E-state index is 0.166. The summed E-state index contributed by atoms with van der Waals surface area (Å²) in [6, 6.07) is 13.3. The summed E-state index contributed by atoms with van der Waals surface area (Å²) >= 11 is 1.65. The number of hydrogen-bond donors (Lipinski definition) is 2. The van der Waals surface area contributed by atoms with E-state index in [0.29, 0.717) is 17.8 Å². The first-order valence-corrected chi connectivity index (χ1v) is 9.20. The lowest BCUT2D eigenvalue weighted by Gasteiger charge is -2.14. The van der Waals surface area contributed by atoms with E-state index in [0.717, 1.165) is 16.3 Å². The SMILES string of the molecule is Cc1nc(CN[C@@H](C)c2ccc(NC(=O)c3ccc(F)cc3)cc2)cs1. The molecule has 1 amide bonds. The summed E-state index contributed by atoms with van der Waals surface area (Å²) in [5, 5.41) is 9.38. The predicted molar refractivity (Wildman–Crippen MR) is 103 cm³/mol. The van der Waals surface area contributed by atoms with Crippen LogP contribution in [0.4, 0.5) is 10.1 Å². The average molecular weight is 369 g/mol. The number of thiazole rings is 1. The van der Waals surface area contributed by atoms with Crippen molar-refractivity contribution in [2.75, 3.05) is 5.32 Å². The molecule has 6 heteroatoms. The first-order valence-electron chi connectivity index (χ1n) is 8.32. The number of anilines is 1. The molecule has 2 N–H and O–H groups in total. The molecule has 0 unspecified atom stereocenters. The Morgan fingerprint density at radius 1 is 1.15 bits per heavy atom. The highest BCUT2D eigenvalue weighted by atomic mass is 32.1. The second kappa shape index (κ2) is 8.21. The molecule has 0 saturated carbocycles. The highest BCUT2D eigenvalue weighted by Gasteiger charge is 2.09. The van der Waals surface area contributed by atoms with E-state index in [1.807, 2.05) is 31.2 Å². The standard InChI is InChI=1S/C20H20FN3OS/c1-13(22-11-19-12-26-14(2)23-19)15-5-9-18(10-6-15)24-20(25)16-3-7-17(21)8-4-16/h3-10,12-13,22H,11H2,1-2H3,(H,24,25)/t13-/m0/s1. The monoisotopic (exact) mass is 369 g/mol. The van der Waals surface area contributed by atoms with Crippen molar-refractivity contribution in [1.29, 1.82) is 0 Å². The Hall–Kier alpha value is -2.57. The molecule has 0 radical (unpaired) electrons. The van der Waals surface area contributed by atoms with Gasteiger partial charge in [-0.25, -0.2) is 9.37 Å². The Labute approximate surface area is 156 Å². The molecular weight excluding hydrogens is 349 g/mol. The van der Waals surface area contributed by atoms with Crippen LogP contribution in [0.15, 0.2) is 53.9 Å². The Bertz CT molecular complexity index is 875. The highest BCUT2D eigenvalue weighted by Crippen LogP contribution is 2.18. The molecule has 4 nitrogen and oxygen atoms in total. The molecule has 1 heterocycles. The number of nitrogens with zero attached hydrogens (tertiary/aromatic N) is 1. The van der Waals surface area contributed by atoms with E-state index < -0.39 is 0 Å². The third kappa shape index (κ3) is 4.74. The van der Waals surface area contributed by atoms with Crippen LogP contribution in [-0.4, -0.2) is 10.9 Å². The predicted octanol–water partition coefficient (Wildman–Crippen LogP) is 4.69. The second-order valence-electron chi connectivity index (χ2n) is 6.04. The molecule has 1 atom stereocenters. The fraction of sp³-hybridized carbons (Fsp3) is 0.200. The molecule has 0 fully saturated rings. The number of carbonyl (C=O) groups is 1. The van der Waals surface area contributed by atoms with Gasteiger partial charge < -0.3 is 10.6 Å². The van der Waals surface area contributed by atoms with Gasteiger partial charge in [0.25, 0.3) is 5.91 Å². The zero-order chi connectivity index (χ0) is 18.5. The van der Waals surface area contributed by atoms with Crippen LogP contribution in [0.25, 0.3) is 0 Å². The first-order chi connectivity index (χ1) is 12.5. The molecule has 0 aliphatic rings. The van der Waals surface area contributed by atoms with E-state index in [9.17, 15) is 9.18 Å². The minimum Gasteiger partial charge on any atom is -0.322 e. The Balaban J connectivity index is 1.57. The van der Waals surface area contributed by atoms with Crippen LogP contribution in [0.3, 0.4) is 0 Å². The summed E-state index contributed by atoms with van der Waals surface area (Å²) in [7, 11) is 0. The normalized spacial score (nSPS) is 12.0. The van der Waals surface area contributed by atoms with Gasteiger partial charge in [0, 0.05) is 29.2 Å². The first kappa shape index (κ1) is 18.2. The van der Waals surface area contributed by atoms with Crippen molar-refractivity contribution in [3.05, 3.63) is 81.6 Å². The molecule has 0 spiro atoms. The number of aromatic nitrogens is 1. The number of amides is 1. The fourth-order valence-corrected chi connectivity index (χ4v) is 3.14. The molecule has 0 aliphatic heterocycles. The van der Waals surface area contributed by atoms with Crippen LogP contribution >= 0.6 is 11.3 Å². The van der Waals surface area contributed by atoms with Gasteiger partial charge in [0.15, 0.2) is 0 Å². The van der Waals surface area contributed by atoms with E-state index in [1.165, 1.54) is 24.3 Å². The van der Waals surface area contributed by atoms with E-state index >= 15 is 0 Å². The Kier molecular flexibility index (Phi) is 5.75. The smallest absolute Gasteiger partial charge is 0.255 e. The number of benzene rings is 2. The summed E-state index contributed by atoms with van der Waals surface area (Å²) in [6.45, 7) is 4.80. The lowest BCUT2D eigenvalue weighted by molar-refractivity contribution is 0.102. The van der Waals surface area contributed by atoms with Crippen molar-refractivity contribution in [2.45, 2.75) is 26.4 Å². The van der Waals surface area contributed by atoms with Crippen LogP contribution < -0.4 is 10.6 Å². The maximum absolute atomic E-state index is 12.9. The Morgan fingerprint density at radius 3 is 2.46 bits per heavy atom. The van der Waals surface area contributed by atoms with E-state index in [-0.39, 0.29) is 17.8 Å². The van der Waals surface area contributed by atoms with Crippen molar-refractivity contribution in [3.8, 4) is 0 Å². The second-order valence-corrected chi connectivity index (χ2v) is 7.11. The summed E-state index contributed by atoms with van der Waals surface area (Å²) < 4.78 is 12.9. The number of nitrogens with one attached hydrogen (secondary N) is 2. The lowest BCUT2D eigenvalue weighted by atomic mass is 10.1. The van der Waals surface area contributed by atoms with Crippen LogP contribution in [0, 0.1) is 12.7 Å². The largest absolute Gasteiger partial charge is 0.322 e. The van der Waals surface area contributed by atoms with Crippen molar-refractivity contribution in [3.63, 3.8) is 0 Å². The van der Waals surface area contributed by atoms with Gasteiger partial charge in [-0.15, -0.1) is 11.3 Å². The molecule has 26 heavy (non-hydrogen) atoms. The summed E-state index contributed by atoms with van der Waals surface area (Å²) in [5.74, 6) is -0.622. The molecule has 134 valence electrons. The molecule has 3 aromatic rings. The summed E-state index contributed by atoms with van der Waals surface area (Å²) in [5.41, 5.74) is 3.29. The number of carbonyl (C=O) groups excluding carboxylic acids is 1. The van der Waals surface area contributed by atoms with Crippen LogP contribution in [-0.2, 0) is 6.54 Å². The Morgan fingerprint density at radius 2 is 1.85 bits per heavy atom. The van der Waals surface area contributed by atoms with Gasteiger partial charge >= 0.3 is 0 Å². The maximum atomic E-state index is 12.9. The number of hydrogen-bond acceptors (Lipinski definition) is 4. The molecule has 0 bridgehead atoms. The summed E-state index contributed by atoms with van der Waals surface area (Å²) in [6.07, 6.45) is 0. The fourth-order valence-electron chi connectivity index (χ4n) is 2.52. The van der Waals surface area contributed by atoms with Gasteiger partial charge in [0.05, 0.1) is 10.7 Å². The van der Waals surface area contributed by atoms with Gasteiger partial charge in [-0.3, -0.25) is 4.79 Å². The van der Waals surface area contributed by atoms with Crippen molar-refractivity contribution < 1.29 is 9.18 Å². The summed E-state index contributed by atoms with van der Waals surface area (Å²) in [4.78, 5) is 16.6. The third-order valence-corrected chi connectivity index (χ3v) is 4.85. The van der Waals surface area contributed by atoms with Crippen LogP contribution in [0.1, 0.15) is 39.6 Å². The van der Waals surface area contributed by atoms with E-state index in [2.05, 4.69) is 27.9 Å². The number of aryl methyl sites for hydroxylation is 1. The van der Waals surface area contributed by atoms with E-state index in [1.54, 1.807) is 11.3 Å². The lowest BCUT2D eigenvalue weighted by Crippen LogP contribution is -2.18. The van der Waals surface area contributed by atoms with Gasteiger partial charge in [-0.05, 0) is 55.8 Å². The molecule has 1 aromatic heterocycles. The molecule has 0 aliphatic carbocycles. The topological polar surface area (TPSA) is 54.0 Å².